The average molecular weight is 492 g/mol. The zero-order valence-electron chi connectivity index (χ0n) is 16.1. The van der Waals surface area contributed by atoms with Crippen molar-refractivity contribution in [2.24, 2.45) is 10.4 Å². The van der Waals surface area contributed by atoms with Crippen molar-refractivity contribution in [1.29, 1.82) is 0 Å². The van der Waals surface area contributed by atoms with Gasteiger partial charge in [-0.2, -0.15) is 8.78 Å². The van der Waals surface area contributed by atoms with Crippen LogP contribution in [-0.4, -0.2) is 35.5 Å². The van der Waals surface area contributed by atoms with Crippen molar-refractivity contribution in [1.82, 2.24) is 10.2 Å². The second-order valence-electron chi connectivity index (χ2n) is 8.17. The molecule has 5 rings (SSSR count). The van der Waals surface area contributed by atoms with Crippen LogP contribution in [0.5, 0.6) is 5.75 Å². The third-order valence-corrected chi connectivity index (χ3v) is 7.19. The SMILES string of the molecule is FC(F)Oc1ccc(C2(c3cccc(Br)c3)NC(=S)N3CC4(CCC4)CN=C32)cc1. The number of nitrogens with one attached hydrogen (secondary N) is 1. The van der Waals surface area contributed by atoms with E-state index < -0.39 is 12.2 Å². The van der Waals surface area contributed by atoms with Gasteiger partial charge in [0.1, 0.15) is 17.1 Å². The molecule has 30 heavy (non-hydrogen) atoms. The van der Waals surface area contributed by atoms with Gasteiger partial charge in [0, 0.05) is 23.0 Å². The maximum atomic E-state index is 12.6. The lowest BCUT2D eigenvalue weighted by Crippen LogP contribution is -2.52. The minimum atomic E-state index is -2.86. The highest BCUT2D eigenvalue weighted by atomic mass is 79.9. The number of alkyl halides is 2. The highest BCUT2D eigenvalue weighted by Gasteiger charge is 2.54. The Balaban J connectivity index is 1.64. The fraction of sp³-hybridized carbons (Fsp3) is 0.364. The van der Waals surface area contributed by atoms with Gasteiger partial charge in [0.2, 0.25) is 0 Å². The average Bonchev–Trinajstić information content (AvgIpc) is 3.00. The van der Waals surface area contributed by atoms with E-state index in [1.165, 1.54) is 19.3 Å². The smallest absolute Gasteiger partial charge is 0.387 e. The number of ether oxygens (including phenoxy) is 1. The van der Waals surface area contributed by atoms with Gasteiger partial charge in [0.25, 0.3) is 0 Å². The number of thiocarbonyl (C=S) groups is 1. The standard InChI is InChI=1S/C22H20BrF2N3OS/c23-16-4-1-3-15(11-16)22(14-5-7-17(8-6-14)29-19(24)25)18-26-12-21(9-2-10-21)13-28(18)20(30)27-22/h1,3-8,11,19H,2,9-10,12-13H2,(H,27,30). The largest absolute Gasteiger partial charge is 0.435 e. The Morgan fingerprint density at radius 1 is 1.13 bits per heavy atom. The van der Waals surface area contributed by atoms with E-state index >= 15 is 0 Å². The number of hydrogen-bond acceptors (Lipinski definition) is 3. The maximum absolute atomic E-state index is 12.6. The molecule has 3 aliphatic rings. The summed E-state index contributed by atoms with van der Waals surface area (Å²) in [7, 11) is 0. The first-order valence-corrected chi connectivity index (χ1v) is 11.1. The molecule has 1 spiro atoms. The van der Waals surface area contributed by atoms with E-state index in [0.717, 1.165) is 34.5 Å². The van der Waals surface area contributed by atoms with Gasteiger partial charge in [0.15, 0.2) is 5.11 Å². The van der Waals surface area contributed by atoms with E-state index in [2.05, 4.69) is 30.9 Å². The van der Waals surface area contributed by atoms with Gasteiger partial charge in [-0.3, -0.25) is 4.99 Å². The highest BCUT2D eigenvalue weighted by molar-refractivity contribution is 9.10. The molecule has 2 heterocycles. The molecule has 0 radical (unpaired) electrons. The Hall–Kier alpha value is -2.06. The van der Waals surface area contributed by atoms with Crippen LogP contribution in [0.2, 0.25) is 0 Å². The van der Waals surface area contributed by atoms with E-state index in [1.807, 2.05) is 24.3 Å². The van der Waals surface area contributed by atoms with Gasteiger partial charge in [-0.15, -0.1) is 0 Å². The molecule has 1 saturated carbocycles. The number of benzene rings is 2. The summed E-state index contributed by atoms with van der Waals surface area (Å²) < 4.78 is 30.7. The van der Waals surface area contributed by atoms with Crippen molar-refractivity contribution in [2.75, 3.05) is 13.1 Å². The van der Waals surface area contributed by atoms with Crippen LogP contribution in [0, 0.1) is 5.41 Å². The van der Waals surface area contributed by atoms with Crippen molar-refractivity contribution < 1.29 is 13.5 Å². The third kappa shape index (κ3) is 3.12. The second kappa shape index (κ2) is 7.27. The molecule has 0 aromatic heterocycles. The lowest BCUT2D eigenvalue weighted by molar-refractivity contribution is -0.0498. The Morgan fingerprint density at radius 2 is 1.90 bits per heavy atom. The number of hydrogen-bond donors (Lipinski definition) is 1. The lowest BCUT2D eigenvalue weighted by Gasteiger charge is -2.47. The van der Waals surface area contributed by atoms with E-state index in [0.29, 0.717) is 5.11 Å². The topological polar surface area (TPSA) is 36.9 Å². The number of fused-ring (bicyclic) bond motifs is 1. The first kappa shape index (κ1) is 19.9. The number of rotatable bonds is 4. The summed E-state index contributed by atoms with van der Waals surface area (Å²) in [5.41, 5.74) is 1.29. The highest BCUT2D eigenvalue weighted by Crippen LogP contribution is 2.48. The monoisotopic (exact) mass is 491 g/mol. The summed E-state index contributed by atoms with van der Waals surface area (Å²) in [5.74, 6) is 0.986. The molecule has 2 aliphatic heterocycles. The summed E-state index contributed by atoms with van der Waals surface area (Å²) in [6.07, 6.45) is 3.58. The molecule has 1 aliphatic carbocycles. The molecule has 1 N–H and O–H groups in total. The second-order valence-corrected chi connectivity index (χ2v) is 9.48. The van der Waals surface area contributed by atoms with E-state index in [9.17, 15) is 8.78 Å². The van der Waals surface area contributed by atoms with Gasteiger partial charge >= 0.3 is 6.61 Å². The van der Waals surface area contributed by atoms with Gasteiger partial charge in [-0.05, 0) is 60.5 Å². The molecule has 1 atom stereocenters. The molecule has 0 amide bonds. The van der Waals surface area contributed by atoms with Crippen molar-refractivity contribution in [3.8, 4) is 5.75 Å². The Kier molecular flexibility index (Phi) is 4.82. The first-order valence-electron chi connectivity index (χ1n) is 9.88. The maximum Gasteiger partial charge on any atom is 0.387 e. The van der Waals surface area contributed by atoms with Crippen LogP contribution >= 0.6 is 28.1 Å². The summed E-state index contributed by atoms with van der Waals surface area (Å²) in [6.45, 7) is -1.21. The molecule has 8 heteroatoms. The minimum absolute atomic E-state index is 0.120. The Bertz CT molecular complexity index is 1030. The molecule has 156 valence electrons. The van der Waals surface area contributed by atoms with E-state index in [4.69, 9.17) is 17.2 Å². The van der Waals surface area contributed by atoms with Crippen LogP contribution in [0.3, 0.4) is 0 Å². The quantitative estimate of drug-likeness (QED) is 0.606. The molecular weight excluding hydrogens is 472 g/mol. The van der Waals surface area contributed by atoms with Crippen LogP contribution in [-0.2, 0) is 5.54 Å². The zero-order valence-corrected chi connectivity index (χ0v) is 18.5. The van der Waals surface area contributed by atoms with Crippen molar-refractivity contribution >= 4 is 39.1 Å². The molecule has 1 saturated heterocycles. The summed E-state index contributed by atoms with van der Waals surface area (Å²) in [6, 6.07) is 14.7. The zero-order chi connectivity index (χ0) is 20.9. The molecule has 2 aromatic rings. The predicted molar refractivity (Wildman–Crippen MR) is 119 cm³/mol. The van der Waals surface area contributed by atoms with Gasteiger partial charge in [-0.1, -0.05) is 46.6 Å². The van der Waals surface area contributed by atoms with Crippen LogP contribution in [0.1, 0.15) is 30.4 Å². The molecule has 4 nitrogen and oxygen atoms in total. The van der Waals surface area contributed by atoms with Crippen molar-refractivity contribution in [3.05, 3.63) is 64.1 Å². The third-order valence-electron chi connectivity index (χ3n) is 6.37. The normalized spacial score (nSPS) is 24.3. The predicted octanol–water partition coefficient (Wildman–Crippen LogP) is 5.07. The fourth-order valence-electron chi connectivity index (χ4n) is 4.73. The number of halogens is 3. The van der Waals surface area contributed by atoms with Crippen LogP contribution in [0.25, 0.3) is 0 Å². The van der Waals surface area contributed by atoms with Crippen LogP contribution < -0.4 is 10.1 Å². The van der Waals surface area contributed by atoms with Crippen LogP contribution in [0.15, 0.2) is 58.0 Å². The van der Waals surface area contributed by atoms with Crippen molar-refractivity contribution in [3.63, 3.8) is 0 Å². The molecule has 0 bridgehead atoms. The van der Waals surface area contributed by atoms with Gasteiger partial charge < -0.3 is 15.0 Å². The fourth-order valence-corrected chi connectivity index (χ4v) is 5.43. The summed E-state index contributed by atoms with van der Waals surface area (Å²) >= 11 is 9.32. The number of amidine groups is 1. The Morgan fingerprint density at radius 3 is 2.53 bits per heavy atom. The van der Waals surface area contributed by atoms with E-state index in [-0.39, 0.29) is 11.2 Å². The summed E-state index contributed by atoms with van der Waals surface area (Å²) in [5, 5.41) is 4.18. The molecule has 1 unspecified atom stereocenters. The van der Waals surface area contributed by atoms with Gasteiger partial charge in [0.05, 0.1) is 0 Å². The lowest BCUT2D eigenvalue weighted by atomic mass is 9.67. The van der Waals surface area contributed by atoms with E-state index in [1.54, 1.807) is 24.3 Å². The Labute approximate surface area is 187 Å². The first-order chi connectivity index (χ1) is 14.4. The number of aliphatic imine (C=N–C) groups is 1. The van der Waals surface area contributed by atoms with Gasteiger partial charge in [-0.25, -0.2) is 0 Å². The molecule has 2 aromatic carbocycles. The summed E-state index contributed by atoms with van der Waals surface area (Å²) in [4.78, 5) is 7.18. The minimum Gasteiger partial charge on any atom is -0.435 e. The molecular formula is C22H20BrF2N3OS. The van der Waals surface area contributed by atoms with Crippen LogP contribution in [0.4, 0.5) is 8.78 Å². The molecule has 2 fully saturated rings. The van der Waals surface area contributed by atoms with Crippen molar-refractivity contribution in [2.45, 2.75) is 31.4 Å². The number of nitrogens with zero attached hydrogens (tertiary/aromatic N) is 2.